The van der Waals surface area contributed by atoms with Gasteiger partial charge in [0.1, 0.15) is 6.54 Å². The summed E-state index contributed by atoms with van der Waals surface area (Å²) in [5.41, 5.74) is 1.22. The Labute approximate surface area is 167 Å². The number of nitrogens with one attached hydrogen (secondary N) is 1. The fourth-order valence-corrected chi connectivity index (χ4v) is 4.61. The zero-order chi connectivity index (χ0) is 19.5. The van der Waals surface area contributed by atoms with Gasteiger partial charge in [-0.15, -0.1) is 11.8 Å². The van der Waals surface area contributed by atoms with E-state index in [9.17, 15) is 14.4 Å². The van der Waals surface area contributed by atoms with Crippen molar-refractivity contribution in [3.63, 3.8) is 0 Å². The molecule has 1 saturated heterocycles. The van der Waals surface area contributed by atoms with Crippen LogP contribution in [0, 0.1) is 0 Å². The lowest BCUT2D eigenvalue weighted by molar-refractivity contribution is -0.134. The van der Waals surface area contributed by atoms with Crippen molar-refractivity contribution in [2.75, 3.05) is 29.9 Å². The van der Waals surface area contributed by atoms with Crippen LogP contribution in [-0.2, 0) is 14.4 Å². The van der Waals surface area contributed by atoms with E-state index in [1.807, 2.05) is 18.2 Å². The number of amides is 3. The van der Waals surface area contributed by atoms with E-state index in [1.165, 1.54) is 16.7 Å². The highest BCUT2D eigenvalue weighted by Crippen LogP contribution is 2.39. The Morgan fingerprint density at radius 3 is 2.68 bits per heavy atom. The molecule has 1 fully saturated rings. The summed E-state index contributed by atoms with van der Waals surface area (Å²) in [5.74, 6) is -0.850. The van der Waals surface area contributed by atoms with Crippen LogP contribution in [-0.4, -0.2) is 52.5 Å². The number of thioether (sulfide) groups is 1. The molecule has 2 aliphatic heterocycles. The van der Waals surface area contributed by atoms with Crippen molar-refractivity contribution in [1.29, 1.82) is 0 Å². The number of rotatable bonds is 4. The Balaban J connectivity index is 1.56. The van der Waals surface area contributed by atoms with Crippen LogP contribution in [0.2, 0.25) is 0 Å². The van der Waals surface area contributed by atoms with Crippen LogP contribution >= 0.6 is 11.8 Å². The lowest BCUT2D eigenvalue weighted by atomic mass is 10.2. The van der Waals surface area contributed by atoms with E-state index in [2.05, 4.69) is 10.3 Å². The Morgan fingerprint density at radius 1 is 1.14 bits per heavy atom. The smallest absolute Gasteiger partial charge is 0.250 e. The molecular weight excluding hydrogens is 376 g/mol. The highest BCUT2D eigenvalue weighted by molar-refractivity contribution is 8.01. The molecule has 144 valence electrons. The van der Waals surface area contributed by atoms with E-state index in [-0.39, 0.29) is 24.3 Å². The Bertz CT molecular complexity index is 899. The van der Waals surface area contributed by atoms with Gasteiger partial charge >= 0.3 is 0 Å². The van der Waals surface area contributed by atoms with Gasteiger partial charge in [-0.2, -0.15) is 0 Å². The molecule has 1 aromatic heterocycles. The molecule has 3 amide bonds. The SMILES string of the molecule is O=C(CN1C(=O)C(C(=O)N2CCCC2)Sc2ccccc21)Nc1cccnc1. The summed E-state index contributed by atoms with van der Waals surface area (Å²) in [5, 5.41) is 1.89. The molecule has 1 aromatic carbocycles. The van der Waals surface area contributed by atoms with Crippen LogP contribution in [0.5, 0.6) is 0 Å². The highest BCUT2D eigenvalue weighted by Gasteiger charge is 2.41. The average molecular weight is 396 g/mol. The molecule has 0 saturated carbocycles. The molecule has 4 rings (SSSR count). The van der Waals surface area contributed by atoms with E-state index < -0.39 is 5.25 Å². The first kappa shape index (κ1) is 18.5. The molecule has 2 aliphatic rings. The topological polar surface area (TPSA) is 82.6 Å². The van der Waals surface area contributed by atoms with Crippen LogP contribution in [0.15, 0.2) is 53.7 Å². The lowest BCUT2D eigenvalue weighted by Gasteiger charge is -2.34. The first-order valence-corrected chi connectivity index (χ1v) is 10.1. The zero-order valence-electron chi connectivity index (χ0n) is 15.2. The summed E-state index contributed by atoms with van der Waals surface area (Å²) in [7, 11) is 0. The van der Waals surface area contributed by atoms with Gasteiger partial charge in [0.2, 0.25) is 11.8 Å². The second-order valence-corrected chi connectivity index (χ2v) is 7.86. The monoisotopic (exact) mass is 396 g/mol. The minimum absolute atomic E-state index is 0.158. The van der Waals surface area contributed by atoms with E-state index in [0.717, 1.165) is 17.7 Å². The molecule has 28 heavy (non-hydrogen) atoms. The van der Waals surface area contributed by atoms with Crippen molar-refractivity contribution in [3.8, 4) is 0 Å². The van der Waals surface area contributed by atoms with Gasteiger partial charge in [-0.3, -0.25) is 19.4 Å². The number of hydrogen-bond acceptors (Lipinski definition) is 5. The van der Waals surface area contributed by atoms with Gasteiger partial charge in [-0.25, -0.2) is 0 Å². The fraction of sp³-hybridized carbons (Fsp3) is 0.300. The lowest BCUT2D eigenvalue weighted by Crippen LogP contribution is -2.51. The van der Waals surface area contributed by atoms with Gasteiger partial charge in [0, 0.05) is 24.2 Å². The van der Waals surface area contributed by atoms with Gasteiger partial charge in [0.15, 0.2) is 5.25 Å². The predicted molar refractivity (Wildman–Crippen MR) is 107 cm³/mol. The maximum Gasteiger partial charge on any atom is 0.250 e. The molecule has 0 aliphatic carbocycles. The van der Waals surface area contributed by atoms with Crippen molar-refractivity contribution in [2.24, 2.45) is 0 Å². The van der Waals surface area contributed by atoms with Gasteiger partial charge in [-0.05, 0) is 37.1 Å². The molecule has 1 N–H and O–H groups in total. The van der Waals surface area contributed by atoms with Crippen molar-refractivity contribution in [1.82, 2.24) is 9.88 Å². The van der Waals surface area contributed by atoms with Gasteiger partial charge in [-0.1, -0.05) is 12.1 Å². The van der Waals surface area contributed by atoms with Crippen LogP contribution in [0.1, 0.15) is 12.8 Å². The largest absolute Gasteiger partial charge is 0.341 e. The van der Waals surface area contributed by atoms with Crippen LogP contribution in [0.4, 0.5) is 11.4 Å². The number of carbonyl (C=O) groups is 3. The molecule has 7 nitrogen and oxygen atoms in total. The average Bonchev–Trinajstić information content (AvgIpc) is 3.25. The maximum atomic E-state index is 13.1. The minimum Gasteiger partial charge on any atom is -0.341 e. The minimum atomic E-state index is -0.848. The van der Waals surface area contributed by atoms with Crippen molar-refractivity contribution in [2.45, 2.75) is 23.0 Å². The second-order valence-electron chi connectivity index (χ2n) is 6.71. The normalized spacial score (nSPS) is 18.7. The molecule has 2 aromatic rings. The molecular formula is C20H20N4O3S. The second kappa shape index (κ2) is 8.02. The number of para-hydroxylation sites is 1. The maximum absolute atomic E-state index is 13.1. The van der Waals surface area contributed by atoms with Crippen LogP contribution < -0.4 is 10.2 Å². The number of likely N-dealkylation sites (tertiary alicyclic amines) is 1. The number of anilines is 2. The Morgan fingerprint density at radius 2 is 1.93 bits per heavy atom. The van der Waals surface area contributed by atoms with Crippen LogP contribution in [0.25, 0.3) is 0 Å². The number of fused-ring (bicyclic) bond motifs is 1. The van der Waals surface area contributed by atoms with E-state index >= 15 is 0 Å². The van der Waals surface area contributed by atoms with Gasteiger partial charge in [0.05, 0.1) is 17.6 Å². The summed E-state index contributed by atoms with van der Waals surface area (Å²) < 4.78 is 0. The third-order valence-electron chi connectivity index (χ3n) is 4.78. The van der Waals surface area contributed by atoms with E-state index in [4.69, 9.17) is 0 Å². The summed E-state index contributed by atoms with van der Waals surface area (Å²) in [6, 6.07) is 10.8. The summed E-state index contributed by atoms with van der Waals surface area (Å²) in [6.07, 6.45) is 5.08. The molecule has 3 heterocycles. The molecule has 1 atom stereocenters. The van der Waals surface area contributed by atoms with Gasteiger partial charge in [0.25, 0.3) is 5.91 Å². The highest BCUT2D eigenvalue weighted by atomic mass is 32.2. The number of nitrogens with zero attached hydrogens (tertiary/aromatic N) is 3. The summed E-state index contributed by atoms with van der Waals surface area (Å²) >= 11 is 1.27. The summed E-state index contributed by atoms with van der Waals surface area (Å²) in [4.78, 5) is 46.5. The number of hydrogen-bond donors (Lipinski definition) is 1. The number of carbonyl (C=O) groups excluding carboxylic acids is 3. The van der Waals surface area contributed by atoms with Crippen LogP contribution in [0.3, 0.4) is 0 Å². The zero-order valence-corrected chi connectivity index (χ0v) is 16.0. The Hall–Kier alpha value is -2.87. The quantitative estimate of drug-likeness (QED) is 0.801. The number of benzene rings is 1. The standard InChI is InChI=1S/C20H20N4O3S/c25-17(22-14-6-5-9-21-12-14)13-24-15-7-1-2-8-16(15)28-18(20(24)27)19(26)23-10-3-4-11-23/h1-2,5-9,12,18H,3-4,10-11,13H2,(H,22,25). The first-order chi connectivity index (χ1) is 13.6. The van der Waals surface area contributed by atoms with Gasteiger partial charge < -0.3 is 15.1 Å². The predicted octanol–water partition coefficient (Wildman–Crippen LogP) is 2.15. The third kappa shape index (κ3) is 3.73. The third-order valence-corrected chi connectivity index (χ3v) is 6.02. The molecule has 0 bridgehead atoms. The van der Waals surface area contributed by atoms with Crippen molar-refractivity contribution >= 4 is 40.9 Å². The first-order valence-electron chi connectivity index (χ1n) is 9.19. The molecule has 0 radical (unpaired) electrons. The Kier molecular flexibility index (Phi) is 5.29. The molecule has 0 spiro atoms. The van der Waals surface area contributed by atoms with E-state index in [1.54, 1.807) is 35.5 Å². The number of pyridine rings is 1. The molecule has 1 unspecified atom stereocenters. The molecule has 8 heteroatoms. The van der Waals surface area contributed by atoms with E-state index in [0.29, 0.717) is 24.5 Å². The van der Waals surface area contributed by atoms with Crippen molar-refractivity contribution in [3.05, 3.63) is 48.8 Å². The van der Waals surface area contributed by atoms with Crippen molar-refractivity contribution < 1.29 is 14.4 Å². The summed E-state index contributed by atoms with van der Waals surface area (Å²) in [6.45, 7) is 1.22. The fourth-order valence-electron chi connectivity index (χ4n) is 3.42. The number of aromatic nitrogens is 1.